The Kier molecular flexibility index (Phi) is 4.64. The maximum atomic E-state index is 11.4. The molecule has 1 aromatic carbocycles. The molecule has 0 bridgehead atoms. The number of anilines is 2. The van der Waals surface area contributed by atoms with Crippen LogP contribution < -0.4 is 10.6 Å². The van der Waals surface area contributed by atoms with Crippen LogP contribution in [0, 0.1) is 0 Å². The standard InChI is InChI=1S/C12H18N2O2/c1-3-14(9-12(15)16-4-2)11-8-6-5-7-10(11)13/h5-8H,3-4,9,13H2,1-2H3. The van der Waals surface area contributed by atoms with Crippen molar-refractivity contribution >= 4 is 17.3 Å². The van der Waals surface area contributed by atoms with Crippen molar-refractivity contribution in [2.75, 3.05) is 30.3 Å². The van der Waals surface area contributed by atoms with Crippen molar-refractivity contribution in [1.82, 2.24) is 0 Å². The Morgan fingerprint density at radius 1 is 1.38 bits per heavy atom. The van der Waals surface area contributed by atoms with Gasteiger partial charge in [0.1, 0.15) is 6.54 Å². The number of hydrogen-bond acceptors (Lipinski definition) is 4. The van der Waals surface area contributed by atoms with Gasteiger partial charge in [-0.05, 0) is 26.0 Å². The predicted molar refractivity (Wildman–Crippen MR) is 65.4 cm³/mol. The molecule has 1 aromatic rings. The quantitative estimate of drug-likeness (QED) is 0.608. The van der Waals surface area contributed by atoms with Gasteiger partial charge < -0.3 is 15.4 Å². The van der Waals surface area contributed by atoms with Crippen LogP contribution in [0.5, 0.6) is 0 Å². The number of esters is 1. The Bertz CT molecular complexity index is 353. The Labute approximate surface area is 96.0 Å². The van der Waals surface area contributed by atoms with Gasteiger partial charge in [0.25, 0.3) is 0 Å². The summed E-state index contributed by atoms with van der Waals surface area (Å²) in [6, 6.07) is 7.50. The number of nitrogen functional groups attached to an aromatic ring is 1. The molecule has 0 saturated heterocycles. The van der Waals surface area contributed by atoms with Gasteiger partial charge in [0, 0.05) is 6.54 Å². The van der Waals surface area contributed by atoms with Gasteiger partial charge in [-0.3, -0.25) is 4.79 Å². The van der Waals surface area contributed by atoms with Gasteiger partial charge in [0.15, 0.2) is 0 Å². The molecule has 0 aliphatic heterocycles. The molecule has 0 aromatic heterocycles. The summed E-state index contributed by atoms with van der Waals surface area (Å²) in [5.41, 5.74) is 7.40. The zero-order valence-electron chi connectivity index (χ0n) is 9.77. The van der Waals surface area contributed by atoms with Crippen LogP contribution in [0.2, 0.25) is 0 Å². The fraction of sp³-hybridized carbons (Fsp3) is 0.417. The average molecular weight is 222 g/mol. The van der Waals surface area contributed by atoms with Gasteiger partial charge in [0.2, 0.25) is 0 Å². The van der Waals surface area contributed by atoms with Crippen LogP contribution in [-0.2, 0) is 9.53 Å². The SMILES string of the molecule is CCOC(=O)CN(CC)c1ccccc1N. The fourth-order valence-corrected chi connectivity index (χ4v) is 1.51. The van der Waals surface area contributed by atoms with Crippen molar-refractivity contribution in [3.05, 3.63) is 24.3 Å². The van der Waals surface area contributed by atoms with E-state index < -0.39 is 0 Å². The smallest absolute Gasteiger partial charge is 0.325 e. The summed E-state index contributed by atoms with van der Waals surface area (Å²) in [7, 11) is 0. The molecule has 0 fully saturated rings. The molecule has 88 valence electrons. The summed E-state index contributed by atoms with van der Waals surface area (Å²) in [4.78, 5) is 13.3. The second-order valence-electron chi connectivity index (χ2n) is 3.38. The van der Waals surface area contributed by atoms with E-state index in [1.54, 1.807) is 6.92 Å². The minimum Gasteiger partial charge on any atom is -0.465 e. The number of nitrogens with two attached hydrogens (primary N) is 1. The molecule has 16 heavy (non-hydrogen) atoms. The number of carbonyl (C=O) groups excluding carboxylic acids is 1. The summed E-state index contributed by atoms with van der Waals surface area (Å²) in [5.74, 6) is -0.229. The Balaban J connectivity index is 2.75. The van der Waals surface area contributed by atoms with E-state index in [0.29, 0.717) is 18.8 Å². The highest BCUT2D eigenvalue weighted by atomic mass is 16.5. The maximum absolute atomic E-state index is 11.4. The Morgan fingerprint density at radius 2 is 2.06 bits per heavy atom. The molecule has 0 amide bonds. The molecule has 0 aliphatic carbocycles. The summed E-state index contributed by atoms with van der Waals surface area (Å²) in [6.07, 6.45) is 0. The van der Waals surface area contributed by atoms with Gasteiger partial charge in [-0.25, -0.2) is 0 Å². The van der Waals surface area contributed by atoms with E-state index >= 15 is 0 Å². The molecule has 0 heterocycles. The molecule has 2 N–H and O–H groups in total. The zero-order chi connectivity index (χ0) is 12.0. The third-order valence-electron chi connectivity index (χ3n) is 2.28. The largest absolute Gasteiger partial charge is 0.465 e. The molecule has 1 rings (SSSR count). The van der Waals surface area contributed by atoms with Crippen LogP contribution in [0.4, 0.5) is 11.4 Å². The summed E-state index contributed by atoms with van der Waals surface area (Å²) < 4.78 is 4.91. The van der Waals surface area contributed by atoms with Gasteiger partial charge in [-0.2, -0.15) is 0 Å². The number of likely N-dealkylation sites (N-methyl/N-ethyl adjacent to an activating group) is 1. The zero-order valence-corrected chi connectivity index (χ0v) is 9.77. The molecule has 0 aliphatic rings. The molecule has 4 heteroatoms. The number of rotatable bonds is 5. The molecule has 0 saturated carbocycles. The first kappa shape index (κ1) is 12.4. The lowest BCUT2D eigenvalue weighted by atomic mass is 10.2. The minimum absolute atomic E-state index is 0.229. The molecule has 4 nitrogen and oxygen atoms in total. The highest BCUT2D eigenvalue weighted by molar-refractivity contribution is 5.78. The minimum atomic E-state index is -0.229. The van der Waals surface area contributed by atoms with Crippen molar-refractivity contribution in [3.8, 4) is 0 Å². The average Bonchev–Trinajstić information content (AvgIpc) is 2.27. The van der Waals surface area contributed by atoms with E-state index in [9.17, 15) is 4.79 Å². The van der Waals surface area contributed by atoms with E-state index in [-0.39, 0.29) is 12.5 Å². The number of para-hydroxylation sites is 2. The number of nitrogens with zero attached hydrogens (tertiary/aromatic N) is 1. The molecule has 0 atom stereocenters. The lowest BCUT2D eigenvalue weighted by molar-refractivity contribution is -0.141. The van der Waals surface area contributed by atoms with Crippen LogP contribution in [0.3, 0.4) is 0 Å². The third kappa shape index (κ3) is 3.15. The summed E-state index contributed by atoms with van der Waals surface area (Å²) in [5, 5.41) is 0. The van der Waals surface area contributed by atoms with Crippen molar-refractivity contribution in [1.29, 1.82) is 0 Å². The Morgan fingerprint density at radius 3 is 2.62 bits per heavy atom. The van der Waals surface area contributed by atoms with Crippen molar-refractivity contribution in [2.45, 2.75) is 13.8 Å². The van der Waals surface area contributed by atoms with Gasteiger partial charge in [-0.15, -0.1) is 0 Å². The molecular weight excluding hydrogens is 204 g/mol. The molecule has 0 unspecified atom stereocenters. The number of hydrogen-bond donors (Lipinski definition) is 1. The first-order valence-electron chi connectivity index (χ1n) is 5.44. The molecule has 0 spiro atoms. The van der Waals surface area contributed by atoms with Crippen LogP contribution in [-0.4, -0.2) is 25.7 Å². The normalized spacial score (nSPS) is 9.88. The van der Waals surface area contributed by atoms with Crippen molar-refractivity contribution in [2.24, 2.45) is 0 Å². The summed E-state index contributed by atoms with van der Waals surface area (Å²) in [6.45, 7) is 5.13. The maximum Gasteiger partial charge on any atom is 0.325 e. The van der Waals surface area contributed by atoms with Crippen LogP contribution >= 0.6 is 0 Å². The first-order chi connectivity index (χ1) is 7.69. The van der Waals surface area contributed by atoms with E-state index in [1.807, 2.05) is 36.1 Å². The van der Waals surface area contributed by atoms with E-state index in [4.69, 9.17) is 10.5 Å². The van der Waals surface area contributed by atoms with Gasteiger partial charge in [0.05, 0.1) is 18.0 Å². The van der Waals surface area contributed by atoms with Crippen LogP contribution in [0.1, 0.15) is 13.8 Å². The van der Waals surface area contributed by atoms with E-state index in [2.05, 4.69) is 0 Å². The van der Waals surface area contributed by atoms with Gasteiger partial charge in [-0.1, -0.05) is 12.1 Å². The lowest BCUT2D eigenvalue weighted by Gasteiger charge is -2.23. The van der Waals surface area contributed by atoms with E-state index in [1.165, 1.54) is 0 Å². The Hall–Kier alpha value is -1.71. The number of carbonyl (C=O) groups is 1. The van der Waals surface area contributed by atoms with Gasteiger partial charge >= 0.3 is 5.97 Å². The number of benzene rings is 1. The van der Waals surface area contributed by atoms with Crippen molar-refractivity contribution in [3.63, 3.8) is 0 Å². The molecular formula is C12H18N2O2. The monoisotopic (exact) mass is 222 g/mol. The number of ether oxygens (including phenoxy) is 1. The second-order valence-corrected chi connectivity index (χ2v) is 3.38. The summed E-state index contributed by atoms with van der Waals surface area (Å²) >= 11 is 0. The first-order valence-corrected chi connectivity index (χ1v) is 5.44. The fourth-order valence-electron chi connectivity index (χ4n) is 1.51. The second kappa shape index (κ2) is 6.00. The highest BCUT2D eigenvalue weighted by Crippen LogP contribution is 2.21. The highest BCUT2D eigenvalue weighted by Gasteiger charge is 2.12. The third-order valence-corrected chi connectivity index (χ3v) is 2.28. The topological polar surface area (TPSA) is 55.6 Å². The van der Waals surface area contributed by atoms with E-state index in [0.717, 1.165) is 5.69 Å². The predicted octanol–water partition coefficient (Wildman–Crippen LogP) is 1.66. The van der Waals surface area contributed by atoms with Crippen LogP contribution in [0.25, 0.3) is 0 Å². The van der Waals surface area contributed by atoms with Crippen LogP contribution in [0.15, 0.2) is 24.3 Å². The van der Waals surface area contributed by atoms with Crippen molar-refractivity contribution < 1.29 is 9.53 Å². The lowest BCUT2D eigenvalue weighted by Crippen LogP contribution is -2.31. The molecule has 0 radical (unpaired) electrons.